The molecule has 0 atom stereocenters. The summed E-state index contributed by atoms with van der Waals surface area (Å²) in [7, 11) is 1.22. The third-order valence-electron chi connectivity index (χ3n) is 4.01. The number of hydrogen-bond acceptors (Lipinski definition) is 2. The predicted octanol–water partition coefficient (Wildman–Crippen LogP) is 5.30. The first-order valence-electron chi connectivity index (χ1n) is 7.73. The van der Waals surface area contributed by atoms with Crippen LogP contribution in [0.25, 0.3) is 11.1 Å². The van der Waals surface area contributed by atoms with Gasteiger partial charge >= 0.3 is 6.18 Å². The number of carbonyl (C=O) groups is 1. The lowest BCUT2D eigenvalue weighted by molar-refractivity contribution is -0.141. The second-order valence-electron chi connectivity index (χ2n) is 5.81. The Labute approximate surface area is 160 Å². The first-order chi connectivity index (χ1) is 13.1. The highest BCUT2D eigenvalue weighted by molar-refractivity contribution is 6.30. The van der Waals surface area contributed by atoms with Crippen LogP contribution in [-0.2, 0) is 6.18 Å². The van der Waals surface area contributed by atoms with E-state index in [-0.39, 0.29) is 21.8 Å². The van der Waals surface area contributed by atoms with Crippen LogP contribution >= 0.6 is 11.6 Å². The number of alkyl halides is 3. The van der Waals surface area contributed by atoms with E-state index >= 15 is 0 Å². The minimum absolute atomic E-state index is 0.0717. The molecule has 10 heteroatoms. The van der Waals surface area contributed by atoms with Gasteiger partial charge in [0.25, 0.3) is 5.91 Å². The van der Waals surface area contributed by atoms with Crippen LogP contribution < -0.4 is 4.90 Å². The smallest absolute Gasteiger partial charge is 0.311 e. The number of anilines is 1. The van der Waals surface area contributed by atoms with Crippen LogP contribution in [0.1, 0.15) is 16.1 Å². The molecule has 0 unspecified atom stereocenters. The Morgan fingerprint density at radius 1 is 1.14 bits per heavy atom. The zero-order valence-corrected chi connectivity index (χ0v) is 14.9. The Balaban J connectivity index is 2.08. The number of aromatic amines is 1. The molecule has 0 bridgehead atoms. The van der Waals surface area contributed by atoms with Crippen molar-refractivity contribution in [2.45, 2.75) is 6.18 Å². The second kappa shape index (κ2) is 7.23. The van der Waals surface area contributed by atoms with Crippen LogP contribution in [0.4, 0.5) is 27.6 Å². The molecule has 1 aromatic heterocycles. The summed E-state index contributed by atoms with van der Waals surface area (Å²) in [5, 5.41) is 4.89. The van der Waals surface area contributed by atoms with E-state index < -0.39 is 35.0 Å². The molecule has 1 N–H and O–H groups in total. The Hall–Kier alpha value is -2.94. The van der Waals surface area contributed by atoms with Gasteiger partial charge in [-0.25, -0.2) is 8.78 Å². The minimum atomic E-state index is -4.81. The van der Waals surface area contributed by atoms with Crippen LogP contribution in [0.2, 0.25) is 5.02 Å². The molecule has 3 rings (SSSR count). The molecule has 28 heavy (non-hydrogen) atoms. The Morgan fingerprint density at radius 3 is 2.50 bits per heavy atom. The standard InChI is InChI=1S/C18H11ClF5N3O/c1-27(17(28)12-8-25-26-16(12)18(22,23)24)15-5-3-10(20)7-11(15)9-2-4-13(19)14(21)6-9/h2-8H,1H3,(H,25,26). The maximum Gasteiger partial charge on any atom is 0.433 e. The van der Waals surface area contributed by atoms with Gasteiger partial charge in [0.05, 0.1) is 22.5 Å². The largest absolute Gasteiger partial charge is 0.433 e. The molecule has 0 saturated carbocycles. The van der Waals surface area contributed by atoms with E-state index in [0.29, 0.717) is 0 Å². The number of halogens is 6. The number of amides is 1. The zero-order chi connectivity index (χ0) is 20.6. The number of hydrogen-bond donors (Lipinski definition) is 1. The van der Waals surface area contributed by atoms with Gasteiger partial charge in [0.2, 0.25) is 0 Å². The Bertz CT molecular complexity index is 1050. The van der Waals surface area contributed by atoms with Crippen molar-refractivity contribution in [3.05, 3.63) is 70.5 Å². The summed E-state index contributed by atoms with van der Waals surface area (Å²) in [5.74, 6) is -2.46. The molecule has 146 valence electrons. The van der Waals surface area contributed by atoms with Gasteiger partial charge in [0, 0.05) is 12.6 Å². The molecule has 2 aromatic carbocycles. The Morgan fingerprint density at radius 2 is 1.86 bits per heavy atom. The molecule has 4 nitrogen and oxygen atoms in total. The summed E-state index contributed by atoms with van der Waals surface area (Å²) in [5.41, 5.74) is -1.64. The molecule has 0 aliphatic heterocycles. The fourth-order valence-corrected chi connectivity index (χ4v) is 2.77. The lowest BCUT2D eigenvalue weighted by atomic mass is 10.0. The zero-order valence-electron chi connectivity index (χ0n) is 14.1. The van der Waals surface area contributed by atoms with Gasteiger partial charge in [-0.15, -0.1) is 0 Å². The molecular weight excluding hydrogens is 405 g/mol. The molecule has 0 aliphatic rings. The van der Waals surface area contributed by atoms with Crippen molar-refractivity contribution in [2.24, 2.45) is 0 Å². The van der Waals surface area contributed by atoms with E-state index in [9.17, 15) is 26.7 Å². The SMILES string of the molecule is CN(C(=O)c1cn[nH]c1C(F)(F)F)c1ccc(F)cc1-c1ccc(Cl)c(F)c1. The molecule has 0 saturated heterocycles. The van der Waals surface area contributed by atoms with Crippen molar-refractivity contribution in [3.63, 3.8) is 0 Å². The predicted molar refractivity (Wildman–Crippen MR) is 93.1 cm³/mol. The molecule has 0 fully saturated rings. The number of benzene rings is 2. The van der Waals surface area contributed by atoms with Crippen molar-refractivity contribution >= 4 is 23.2 Å². The second-order valence-corrected chi connectivity index (χ2v) is 6.22. The molecule has 1 amide bonds. The summed E-state index contributed by atoms with van der Waals surface area (Å²) in [6.07, 6.45) is -4.06. The summed E-state index contributed by atoms with van der Waals surface area (Å²) >= 11 is 5.65. The average molecular weight is 416 g/mol. The van der Waals surface area contributed by atoms with E-state index in [0.717, 1.165) is 29.3 Å². The molecule has 0 spiro atoms. The van der Waals surface area contributed by atoms with Crippen LogP contribution in [-0.4, -0.2) is 23.2 Å². The Kier molecular flexibility index (Phi) is 5.12. The van der Waals surface area contributed by atoms with Gasteiger partial charge in [0.1, 0.15) is 11.6 Å². The fraction of sp³-hybridized carbons (Fsp3) is 0.111. The summed E-state index contributed by atoms with van der Waals surface area (Å²) in [6.45, 7) is 0. The third-order valence-corrected chi connectivity index (χ3v) is 4.31. The van der Waals surface area contributed by atoms with Crippen molar-refractivity contribution in [2.75, 3.05) is 11.9 Å². The first-order valence-corrected chi connectivity index (χ1v) is 8.11. The highest BCUT2D eigenvalue weighted by Gasteiger charge is 2.38. The summed E-state index contributed by atoms with van der Waals surface area (Å²) in [4.78, 5) is 13.5. The quantitative estimate of drug-likeness (QED) is 0.590. The number of nitrogens with one attached hydrogen (secondary N) is 1. The van der Waals surface area contributed by atoms with Gasteiger partial charge in [-0.2, -0.15) is 18.3 Å². The van der Waals surface area contributed by atoms with Crippen molar-refractivity contribution in [1.82, 2.24) is 10.2 Å². The number of H-pyrrole nitrogens is 1. The summed E-state index contributed by atoms with van der Waals surface area (Å²) in [6, 6.07) is 6.98. The lowest BCUT2D eigenvalue weighted by Gasteiger charge is -2.21. The van der Waals surface area contributed by atoms with E-state index in [1.54, 1.807) is 5.10 Å². The topological polar surface area (TPSA) is 49.0 Å². The molecule has 3 aromatic rings. The maximum atomic E-state index is 13.8. The van der Waals surface area contributed by atoms with E-state index in [1.807, 2.05) is 0 Å². The van der Waals surface area contributed by atoms with Crippen molar-refractivity contribution in [1.29, 1.82) is 0 Å². The van der Waals surface area contributed by atoms with Gasteiger partial charge in [-0.3, -0.25) is 9.89 Å². The van der Waals surface area contributed by atoms with Gasteiger partial charge < -0.3 is 4.90 Å². The molecule has 0 aliphatic carbocycles. The maximum absolute atomic E-state index is 13.8. The molecular formula is C18H11ClF5N3O. The number of rotatable bonds is 3. The lowest BCUT2D eigenvalue weighted by Crippen LogP contribution is -2.28. The normalized spacial score (nSPS) is 11.5. The fourth-order valence-electron chi connectivity index (χ4n) is 2.65. The highest BCUT2D eigenvalue weighted by Crippen LogP contribution is 2.35. The van der Waals surface area contributed by atoms with Gasteiger partial charge in [0.15, 0.2) is 5.69 Å². The van der Waals surface area contributed by atoms with E-state index in [4.69, 9.17) is 11.6 Å². The third kappa shape index (κ3) is 3.70. The van der Waals surface area contributed by atoms with E-state index in [1.165, 1.54) is 25.2 Å². The van der Waals surface area contributed by atoms with Crippen LogP contribution in [0.3, 0.4) is 0 Å². The number of carbonyl (C=O) groups excluding carboxylic acids is 1. The molecule has 1 heterocycles. The van der Waals surface area contributed by atoms with Gasteiger partial charge in [-0.1, -0.05) is 17.7 Å². The van der Waals surface area contributed by atoms with Crippen molar-refractivity contribution < 1.29 is 26.7 Å². The van der Waals surface area contributed by atoms with Crippen LogP contribution in [0, 0.1) is 11.6 Å². The number of nitrogens with zero attached hydrogens (tertiary/aromatic N) is 2. The van der Waals surface area contributed by atoms with Gasteiger partial charge in [-0.05, 0) is 35.9 Å². The van der Waals surface area contributed by atoms with E-state index in [2.05, 4.69) is 5.10 Å². The average Bonchev–Trinajstić information content (AvgIpc) is 3.13. The minimum Gasteiger partial charge on any atom is -0.311 e. The highest BCUT2D eigenvalue weighted by atomic mass is 35.5. The van der Waals surface area contributed by atoms with Crippen LogP contribution in [0.5, 0.6) is 0 Å². The molecule has 0 radical (unpaired) electrons. The monoisotopic (exact) mass is 415 g/mol. The van der Waals surface area contributed by atoms with Crippen molar-refractivity contribution in [3.8, 4) is 11.1 Å². The first kappa shape index (κ1) is 19.8. The summed E-state index contributed by atoms with van der Waals surface area (Å²) < 4.78 is 66.7. The van der Waals surface area contributed by atoms with Crippen LogP contribution in [0.15, 0.2) is 42.6 Å². The number of aromatic nitrogens is 2.